The fraction of sp³-hybridized carbons (Fsp3) is 0.800. The smallest absolute Gasteiger partial charge is 0.312 e. The normalized spacial score (nSPS) is 47.3. The van der Waals surface area contributed by atoms with E-state index in [1.165, 1.54) is 12.5 Å². The van der Waals surface area contributed by atoms with E-state index >= 15 is 0 Å². The van der Waals surface area contributed by atoms with Crippen molar-refractivity contribution in [3.05, 3.63) is 11.6 Å². The van der Waals surface area contributed by atoms with Crippen LogP contribution < -0.4 is 0 Å². The van der Waals surface area contributed by atoms with Gasteiger partial charge in [0, 0.05) is 18.3 Å². The molecule has 0 unspecified atom stereocenters. The number of ether oxygens (including phenoxy) is 2. The van der Waals surface area contributed by atoms with Crippen LogP contribution in [0.25, 0.3) is 0 Å². The molecule has 5 aliphatic carbocycles. The number of carbonyl (C=O) groups is 3. The van der Waals surface area contributed by atoms with Crippen LogP contribution in [0.1, 0.15) is 113 Å². The first kappa shape index (κ1) is 29.4. The number of allylic oxidation sites excluding steroid dienone is 2. The van der Waals surface area contributed by atoms with Crippen LogP contribution in [0.2, 0.25) is 0 Å². The number of carbonyl (C=O) groups excluding carboxylic acids is 3. The maximum atomic E-state index is 14.5. The summed E-state index contributed by atoms with van der Waals surface area (Å²) in [5.74, 6) is 2.70. The van der Waals surface area contributed by atoms with E-state index in [1.807, 2.05) is 13.0 Å². The zero-order valence-electron chi connectivity index (χ0n) is 26.1. The summed E-state index contributed by atoms with van der Waals surface area (Å²) in [6.45, 7) is 17.6. The molecule has 5 aliphatic rings. The molecule has 0 radical (unpaired) electrons. The second-order valence-electron chi connectivity index (χ2n) is 16.0. The molecule has 0 N–H and O–H groups in total. The Kier molecular flexibility index (Phi) is 6.77. The second-order valence-corrected chi connectivity index (χ2v) is 16.0. The Morgan fingerprint density at radius 3 is 2.30 bits per heavy atom. The fourth-order valence-electron chi connectivity index (χ4n) is 11.0. The van der Waals surface area contributed by atoms with Crippen molar-refractivity contribution in [3.8, 4) is 12.3 Å². The van der Waals surface area contributed by atoms with Gasteiger partial charge in [-0.3, -0.25) is 14.4 Å². The summed E-state index contributed by atoms with van der Waals surface area (Å²) < 4.78 is 11.3. The highest BCUT2D eigenvalue weighted by molar-refractivity contribution is 5.95. The third-order valence-electron chi connectivity index (χ3n) is 13.6. The van der Waals surface area contributed by atoms with Crippen molar-refractivity contribution in [2.24, 2.45) is 50.2 Å². The molecule has 4 saturated carbocycles. The minimum absolute atomic E-state index is 0.00339. The summed E-state index contributed by atoms with van der Waals surface area (Å²) in [7, 11) is 0. The third-order valence-corrected chi connectivity index (χ3v) is 13.6. The lowest BCUT2D eigenvalue weighted by molar-refractivity contribution is -0.210. The van der Waals surface area contributed by atoms with Crippen molar-refractivity contribution < 1.29 is 23.9 Å². The zero-order chi connectivity index (χ0) is 29.5. The van der Waals surface area contributed by atoms with Gasteiger partial charge in [0.2, 0.25) is 0 Å². The molecule has 0 aromatic rings. The van der Waals surface area contributed by atoms with E-state index in [1.54, 1.807) is 0 Å². The largest absolute Gasteiger partial charge is 0.462 e. The van der Waals surface area contributed by atoms with Gasteiger partial charge < -0.3 is 9.47 Å². The SMILES string of the molecule is C#CCOC(=O)[C@]1(C)CC[C@]2(C)CC[C@]3(C)C(=CC(=O)[C@@H]4[C@]5(C)CC[C@H](OC(C)=O)C(C)(C)[C@@H]5CC[C@]43C)[C@H]2C1. The van der Waals surface area contributed by atoms with Gasteiger partial charge in [0.1, 0.15) is 6.10 Å². The Morgan fingerprint density at radius 1 is 0.975 bits per heavy atom. The lowest BCUT2D eigenvalue weighted by atomic mass is 9.33. The van der Waals surface area contributed by atoms with E-state index < -0.39 is 5.41 Å². The first-order valence-corrected chi connectivity index (χ1v) is 15.5. The monoisotopic (exact) mass is 550 g/mol. The van der Waals surface area contributed by atoms with Crippen LogP contribution >= 0.6 is 0 Å². The van der Waals surface area contributed by atoms with Gasteiger partial charge in [0.05, 0.1) is 5.41 Å². The topological polar surface area (TPSA) is 69.7 Å². The molecular formula is C35H50O5. The van der Waals surface area contributed by atoms with Gasteiger partial charge >= 0.3 is 11.9 Å². The van der Waals surface area contributed by atoms with E-state index in [0.717, 1.165) is 51.4 Å². The number of terminal acetylenes is 1. The van der Waals surface area contributed by atoms with E-state index in [4.69, 9.17) is 15.9 Å². The van der Waals surface area contributed by atoms with Gasteiger partial charge in [-0.2, -0.15) is 0 Å². The predicted octanol–water partition coefficient (Wildman–Crippen LogP) is 7.08. The summed E-state index contributed by atoms with van der Waals surface area (Å²) in [6.07, 6.45) is 15.7. The van der Waals surface area contributed by atoms with Gasteiger partial charge in [-0.1, -0.05) is 53.0 Å². The molecule has 4 fully saturated rings. The maximum absolute atomic E-state index is 14.5. The highest BCUT2D eigenvalue weighted by Gasteiger charge is 2.70. The zero-order valence-corrected chi connectivity index (χ0v) is 26.1. The average molecular weight is 551 g/mol. The van der Waals surface area contributed by atoms with Crippen LogP contribution in [0.4, 0.5) is 0 Å². The van der Waals surface area contributed by atoms with Crippen LogP contribution in [0.15, 0.2) is 11.6 Å². The van der Waals surface area contributed by atoms with Crippen LogP contribution in [-0.2, 0) is 23.9 Å². The van der Waals surface area contributed by atoms with Crippen molar-refractivity contribution in [1.82, 2.24) is 0 Å². The standard InChI is InChI=1S/C35H50O5/c1-10-19-39-29(38)32(6)16-15-31(5)17-18-34(8)23(24(31)21-32)20-25(37)28-33(7)13-12-27(40-22(2)36)30(3,4)26(33)11-14-35(28,34)9/h1,20,24,26-28H,11-19,21H2,2-9H3/t24-,26+,27+,28-,31-,32-,33-,34-,35-/m1/s1. The minimum Gasteiger partial charge on any atom is -0.462 e. The molecule has 0 amide bonds. The minimum atomic E-state index is -0.594. The lowest BCUT2D eigenvalue weighted by Gasteiger charge is -2.70. The van der Waals surface area contributed by atoms with Gasteiger partial charge in [-0.25, -0.2) is 0 Å². The molecular weight excluding hydrogens is 500 g/mol. The van der Waals surface area contributed by atoms with Crippen molar-refractivity contribution >= 4 is 17.7 Å². The molecule has 0 aromatic heterocycles. The van der Waals surface area contributed by atoms with Crippen molar-refractivity contribution in [3.63, 3.8) is 0 Å². The molecule has 0 aliphatic heterocycles. The highest BCUT2D eigenvalue weighted by atomic mass is 16.5. The number of ketones is 1. The molecule has 5 heteroatoms. The number of rotatable bonds is 3. The molecule has 0 heterocycles. The fourth-order valence-corrected chi connectivity index (χ4v) is 11.0. The first-order chi connectivity index (χ1) is 18.5. The molecule has 40 heavy (non-hydrogen) atoms. The van der Waals surface area contributed by atoms with E-state index in [-0.39, 0.29) is 69.3 Å². The maximum Gasteiger partial charge on any atom is 0.312 e. The second kappa shape index (κ2) is 9.20. The number of fused-ring (bicyclic) bond motifs is 7. The molecule has 0 aromatic carbocycles. The number of hydrogen-bond donors (Lipinski definition) is 0. The van der Waals surface area contributed by atoms with Crippen LogP contribution in [0.5, 0.6) is 0 Å². The quantitative estimate of drug-likeness (QED) is 0.278. The van der Waals surface area contributed by atoms with Gasteiger partial charge in [-0.15, -0.1) is 6.42 Å². The highest BCUT2D eigenvalue weighted by Crippen LogP contribution is 2.75. The van der Waals surface area contributed by atoms with Crippen LogP contribution in [-0.4, -0.2) is 30.4 Å². The summed E-state index contributed by atoms with van der Waals surface area (Å²) in [5.41, 5.74) is 0.145. The Morgan fingerprint density at radius 2 is 1.65 bits per heavy atom. The van der Waals surface area contributed by atoms with Crippen LogP contribution in [0, 0.1) is 62.6 Å². The Balaban J connectivity index is 1.54. The van der Waals surface area contributed by atoms with Crippen LogP contribution in [0.3, 0.4) is 0 Å². The molecule has 0 spiro atoms. The van der Waals surface area contributed by atoms with Gasteiger partial charge in [0.15, 0.2) is 12.4 Å². The van der Waals surface area contributed by atoms with E-state index in [2.05, 4.69) is 47.5 Å². The summed E-state index contributed by atoms with van der Waals surface area (Å²) >= 11 is 0. The molecule has 220 valence electrons. The van der Waals surface area contributed by atoms with E-state index in [9.17, 15) is 14.4 Å². The Bertz CT molecular complexity index is 1190. The number of hydrogen-bond acceptors (Lipinski definition) is 5. The third kappa shape index (κ3) is 3.90. The summed E-state index contributed by atoms with van der Waals surface area (Å²) in [4.78, 5) is 39.6. The average Bonchev–Trinajstić information content (AvgIpc) is 2.86. The molecule has 0 bridgehead atoms. The van der Waals surface area contributed by atoms with Gasteiger partial charge in [0.25, 0.3) is 0 Å². The summed E-state index contributed by atoms with van der Waals surface area (Å²) in [5, 5.41) is 0. The lowest BCUT2D eigenvalue weighted by Crippen LogP contribution is -2.66. The van der Waals surface area contributed by atoms with Crippen molar-refractivity contribution in [2.75, 3.05) is 6.61 Å². The Hall–Kier alpha value is -2.09. The molecule has 5 nitrogen and oxygen atoms in total. The van der Waals surface area contributed by atoms with Crippen molar-refractivity contribution in [2.45, 2.75) is 119 Å². The Labute approximate surface area is 241 Å². The molecule has 0 saturated heterocycles. The summed E-state index contributed by atoms with van der Waals surface area (Å²) in [6, 6.07) is 0. The molecule has 5 rings (SSSR count). The van der Waals surface area contributed by atoms with E-state index in [0.29, 0.717) is 12.3 Å². The van der Waals surface area contributed by atoms with Crippen molar-refractivity contribution in [1.29, 1.82) is 0 Å². The number of esters is 2. The molecule has 9 atom stereocenters. The predicted molar refractivity (Wildman–Crippen MR) is 155 cm³/mol. The van der Waals surface area contributed by atoms with Gasteiger partial charge in [-0.05, 0) is 104 Å². The first-order valence-electron chi connectivity index (χ1n) is 15.5.